The molecule has 1 saturated heterocycles. The van der Waals surface area contributed by atoms with E-state index in [0.29, 0.717) is 12.4 Å². The maximum Gasteiger partial charge on any atom is 0.206 e. The Hall–Kier alpha value is -2.47. The number of nitrogens with one attached hydrogen (secondary N) is 1. The van der Waals surface area contributed by atoms with Gasteiger partial charge in [-0.2, -0.15) is 0 Å². The molecule has 1 fully saturated rings. The standard InChI is InChI=1S/C19H19N3O2S/c1-12-7-6-8-13(2)15(12)16-18-17(24-21-16)19(22-25(18)23)20-11-14-9-4-3-5-10-14/h3-10,17-18H,11H2,1-2H3,(H,20,22)/t17-,18+,25?/m0/s1. The number of nitrogens with zero attached hydrogens (tertiary/aromatic N) is 2. The van der Waals surface area contributed by atoms with Gasteiger partial charge in [0.25, 0.3) is 0 Å². The highest BCUT2D eigenvalue weighted by atomic mass is 32.2. The highest BCUT2D eigenvalue weighted by Crippen LogP contribution is 2.29. The fourth-order valence-electron chi connectivity index (χ4n) is 3.28. The maximum atomic E-state index is 12.6. The third kappa shape index (κ3) is 2.87. The van der Waals surface area contributed by atoms with Gasteiger partial charge in [0.2, 0.25) is 6.10 Å². The predicted octanol–water partition coefficient (Wildman–Crippen LogP) is 2.64. The molecule has 0 radical (unpaired) electrons. The molecular formula is C19H19N3O2S. The van der Waals surface area contributed by atoms with Gasteiger partial charge in [-0.15, -0.1) is 0 Å². The molecule has 0 spiro atoms. The monoisotopic (exact) mass is 353 g/mol. The first-order chi connectivity index (χ1) is 12.1. The van der Waals surface area contributed by atoms with Crippen LogP contribution in [0.25, 0.3) is 0 Å². The Morgan fingerprint density at radius 3 is 2.56 bits per heavy atom. The van der Waals surface area contributed by atoms with Gasteiger partial charge in [-0.05, 0) is 30.5 Å². The topological polar surface area (TPSA) is 63.1 Å². The van der Waals surface area contributed by atoms with E-state index in [9.17, 15) is 4.21 Å². The fourth-order valence-corrected chi connectivity index (χ4v) is 4.56. The zero-order valence-corrected chi connectivity index (χ0v) is 14.9. The van der Waals surface area contributed by atoms with Crippen LogP contribution in [0.2, 0.25) is 0 Å². The van der Waals surface area contributed by atoms with Crippen LogP contribution in [0.3, 0.4) is 0 Å². The van der Waals surface area contributed by atoms with Gasteiger partial charge in [-0.25, -0.2) is 4.21 Å². The van der Waals surface area contributed by atoms with Crippen molar-refractivity contribution in [1.29, 1.82) is 0 Å². The normalized spacial score (nSPS) is 26.1. The average molecular weight is 353 g/mol. The second-order valence-electron chi connectivity index (χ2n) is 6.28. The number of rotatable bonds is 3. The summed E-state index contributed by atoms with van der Waals surface area (Å²) in [7, 11) is -1.30. The van der Waals surface area contributed by atoms with Crippen LogP contribution in [0.5, 0.6) is 0 Å². The van der Waals surface area contributed by atoms with Gasteiger partial charge in [-0.3, -0.25) is 9.71 Å². The van der Waals surface area contributed by atoms with Gasteiger partial charge in [0.15, 0.2) is 5.84 Å². The van der Waals surface area contributed by atoms with Crippen molar-refractivity contribution in [3.05, 3.63) is 70.8 Å². The summed E-state index contributed by atoms with van der Waals surface area (Å²) in [5.41, 5.74) is 5.08. The number of fused-ring (bicyclic) bond motifs is 1. The molecule has 0 amide bonds. The largest absolute Gasteiger partial charge is 0.382 e. The molecule has 0 aliphatic carbocycles. The highest BCUT2D eigenvalue weighted by Gasteiger charge is 2.49. The van der Waals surface area contributed by atoms with Crippen molar-refractivity contribution in [3.63, 3.8) is 0 Å². The van der Waals surface area contributed by atoms with Crippen LogP contribution >= 0.6 is 0 Å². The Labute approximate surface area is 149 Å². The number of hydrogen-bond donors (Lipinski definition) is 1. The third-order valence-electron chi connectivity index (χ3n) is 4.53. The summed E-state index contributed by atoms with van der Waals surface area (Å²) in [6.07, 6.45) is -0.404. The molecule has 2 aromatic carbocycles. The van der Waals surface area contributed by atoms with E-state index in [-0.39, 0.29) is 5.25 Å². The lowest BCUT2D eigenvalue weighted by Crippen LogP contribution is -2.31. The van der Waals surface area contributed by atoms with Crippen molar-refractivity contribution in [2.75, 3.05) is 0 Å². The molecule has 1 unspecified atom stereocenters. The van der Waals surface area contributed by atoms with Gasteiger partial charge in [0.1, 0.15) is 21.9 Å². The van der Waals surface area contributed by atoms with Crippen molar-refractivity contribution in [3.8, 4) is 0 Å². The van der Waals surface area contributed by atoms with E-state index in [0.717, 1.165) is 28.0 Å². The zero-order chi connectivity index (χ0) is 17.4. The first kappa shape index (κ1) is 16.0. The molecule has 0 saturated carbocycles. The van der Waals surface area contributed by atoms with E-state index >= 15 is 0 Å². The number of aliphatic imine (C=N–C) groups is 1. The van der Waals surface area contributed by atoms with Crippen LogP contribution in [0.15, 0.2) is 58.7 Å². The molecule has 0 bridgehead atoms. The number of benzene rings is 2. The number of amidine groups is 1. The Kier molecular flexibility index (Phi) is 4.13. The summed E-state index contributed by atoms with van der Waals surface area (Å²) in [5, 5.41) is 3.95. The van der Waals surface area contributed by atoms with Crippen LogP contribution in [0.1, 0.15) is 22.3 Å². The second kappa shape index (κ2) is 6.44. The van der Waals surface area contributed by atoms with Gasteiger partial charge in [0, 0.05) is 5.56 Å². The smallest absolute Gasteiger partial charge is 0.206 e. The minimum atomic E-state index is -1.30. The van der Waals surface area contributed by atoms with Gasteiger partial charge < -0.3 is 4.84 Å². The summed E-state index contributed by atoms with van der Waals surface area (Å²) < 4.78 is 15.6. The second-order valence-corrected chi connectivity index (χ2v) is 7.58. The lowest BCUT2D eigenvalue weighted by molar-refractivity contribution is 0.135. The van der Waals surface area contributed by atoms with Crippen molar-refractivity contribution >= 4 is 22.5 Å². The molecule has 2 aliphatic rings. The summed E-state index contributed by atoms with van der Waals surface area (Å²) in [4.78, 5) is 10.2. The van der Waals surface area contributed by atoms with Crippen LogP contribution in [-0.2, 0) is 22.4 Å². The Bertz CT molecular complexity index is 873. The maximum absolute atomic E-state index is 12.6. The van der Waals surface area contributed by atoms with E-state index in [1.165, 1.54) is 0 Å². The molecule has 128 valence electrons. The van der Waals surface area contributed by atoms with Gasteiger partial charge in [0.05, 0.1) is 6.54 Å². The number of oxime groups is 1. The molecule has 1 N–H and O–H groups in total. The first-order valence-electron chi connectivity index (χ1n) is 8.21. The van der Waals surface area contributed by atoms with Crippen LogP contribution in [-0.4, -0.2) is 27.1 Å². The minimum absolute atomic E-state index is 0.325. The lowest BCUT2D eigenvalue weighted by atomic mass is 9.95. The summed E-state index contributed by atoms with van der Waals surface area (Å²) in [5.74, 6) is 0.608. The quantitative estimate of drug-likeness (QED) is 0.922. The molecule has 5 nitrogen and oxygen atoms in total. The summed E-state index contributed by atoms with van der Waals surface area (Å²) in [6, 6.07) is 16.0. The highest BCUT2D eigenvalue weighted by molar-refractivity contribution is 7.85. The van der Waals surface area contributed by atoms with E-state index in [4.69, 9.17) is 4.84 Å². The third-order valence-corrected chi connectivity index (χ3v) is 5.87. The minimum Gasteiger partial charge on any atom is -0.382 e. The first-order valence-corrected chi connectivity index (χ1v) is 9.42. The van der Waals surface area contributed by atoms with Crippen molar-refractivity contribution in [2.24, 2.45) is 10.1 Å². The van der Waals surface area contributed by atoms with Gasteiger partial charge >= 0.3 is 0 Å². The molecule has 2 aliphatic heterocycles. The predicted molar refractivity (Wildman–Crippen MR) is 100.0 cm³/mol. The Morgan fingerprint density at radius 1 is 1.12 bits per heavy atom. The molecule has 6 heteroatoms. The fraction of sp³-hybridized carbons (Fsp3) is 0.263. The molecular weight excluding hydrogens is 334 g/mol. The van der Waals surface area contributed by atoms with E-state index in [2.05, 4.69) is 14.9 Å². The van der Waals surface area contributed by atoms with Crippen LogP contribution in [0, 0.1) is 13.8 Å². The van der Waals surface area contributed by atoms with Crippen LogP contribution in [0.4, 0.5) is 0 Å². The molecule has 0 aromatic heterocycles. The van der Waals surface area contributed by atoms with E-state index in [1.807, 2.05) is 62.4 Å². The van der Waals surface area contributed by atoms with Crippen molar-refractivity contribution in [1.82, 2.24) is 4.72 Å². The molecule has 3 atom stereocenters. The molecule has 2 aromatic rings. The van der Waals surface area contributed by atoms with Crippen molar-refractivity contribution in [2.45, 2.75) is 31.7 Å². The Morgan fingerprint density at radius 2 is 1.84 bits per heavy atom. The molecule has 4 rings (SSSR count). The number of hydrogen-bond acceptors (Lipinski definition) is 4. The van der Waals surface area contributed by atoms with E-state index < -0.39 is 17.1 Å². The summed E-state index contributed by atoms with van der Waals surface area (Å²) in [6.45, 7) is 4.59. The molecule has 2 heterocycles. The SMILES string of the molecule is Cc1cccc(C)c1C1=NO[C@@H]2C(=NCc3ccccc3)NS(=O)[C@H]12. The zero-order valence-electron chi connectivity index (χ0n) is 14.1. The van der Waals surface area contributed by atoms with Gasteiger partial charge in [-0.1, -0.05) is 53.7 Å². The van der Waals surface area contributed by atoms with E-state index in [1.54, 1.807) is 0 Å². The van der Waals surface area contributed by atoms with Crippen LogP contribution < -0.4 is 4.72 Å². The Balaban J connectivity index is 1.61. The number of aryl methyl sites for hydroxylation is 2. The average Bonchev–Trinajstić information content (AvgIpc) is 3.16. The lowest BCUT2D eigenvalue weighted by Gasteiger charge is -2.11. The molecule has 25 heavy (non-hydrogen) atoms. The van der Waals surface area contributed by atoms with Crippen molar-refractivity contribution < 1.29 is 9.05 Å². The summed E-state index contributed by atoms with van der Waals surface area (Å²) >= 11 is 0.